The van der Waals surface area contributed by atoms with E-state index in [2.05, 4.69) is 0 Å². The fourth-order valence-corrected chi connectivity index (χ4v) is 8.42. The first-order valence-electron chi connectivity index (χ1n) is 13.4. The molecule has 0 aliphatic heterocycles. The number of ketones is 4. The van der Waals surface area contributed by atoms with Crippen molar-refractivity contribution in [1.29, 1.82) is 0 Å². The maximum Gasteiger partial charge on any atom is 0.306 e. The van der Waals surface area contributed by atoms with Crippen LogP contribution < -0.4 is 0 Å². The van der Waals surface area contributed by atoms with E-state index in [-0.39, 0.29) is 54.7 Å². The Kier molecular flexibility index (Phi) is 6.38. The molecule has 2 N–H and O–H groups in total. The highest BCUT2D eigenvalue weighted by Gasteiger charge is 2.70. The number of aliphatic hydroxyl groups excluding tert-OH is 1. The molecule has 4 aliphatic rings. The zero-order valence-corrected chi connectivity index (χ0v) is 23.1. The second kappa shape index (κ2) is 8.55. The second-order valence-corrected chi connectivity index (χ2v) is 13.3. The second-order valence-electron chi connectivity index (χ2n) is 13.3. The van der Waals surface area contributed by atoms with Gasteiger partial charge in [-0.15, -0.1) is 0 Å². The van der Waals surface area contributed by atoms with E-state index in [0.29, 0.717) is 29.6 Å². The van der Waals surface area contributed by atoms with Crippen LogP contribution in [-0.4, -0.2) is 45.4 Å². The molecular formula is C30H40O7. The van der Waals surface area contributed by atoms with Gasteiger partial charge in [0.1, 0.15) is 5.78 Å². The number of carbonyl (C=O) groups excluding carboxylic acids is 4. The third-order valence-electron chi connectivity index (χ3n) is 11.0. The van der Waals surface area contributed by atoms with Crippen LogP contribution in [0.3, 0.4) is 0 Å². The van der Waals surface area contributed by atoms with Crippen molar-refractivity contribution >= 4 is 29.1 Å². The van der Waals surface area contributed by atoms with Crippen molar-refractivity contribution in [2.75, 3.05) is 0 Å². The average molecular weight is 513 g/mol. The first kappa shape index (κ1) is 27.6. The van der Waals surface area contributed by atoms with E-state index in [4.69, 9.17) is 5.11 Å². The van der Waals surface area contributed by atoms with Crippen LogP contribution in [0.15, 0.2) is 22.8 Å². The van der Waals surface area contributed by atoms with Crippen LogP contribution in [0.2, 0.25) is 0 Å². The molecule has 0 amide bonds. The van der Waals surface area contributed by atoms with Crippen molar-refractivity contribution in [3.8, 4) is 0 Å². The van der Waals surface area contributed by atoms with E-state index in [0.717, 1.165) is 0 Å². The monoisotopic (exact) mass is 512 g/mol. The third-order valence-corrected chi connectivity index (χ3v) is 11.0. The minimum absolute atomic E-state index is 0.0930. The molecular weight excluding hydrogens is 472 g/mol. The summed E-state index contributed by atoms with van der Waals surface area (Å²) >= 11 is 0. The Balaban J connectivity index is 1.81. The number of aliphatic carboxylic acids is 1. The molecule has 0 radical (unpaired) electrons. The van der Waals surface area contributed by atoms with Gasteiger partial charge in [-0.1, -0.05) is 40.2 Å². The van der Waals surface area contributed by atoms with Crippen molar-refractivity contribution in [2.45, 2.75) is 93.1 Å². The van der Waals surface area contributed by atoms with Crippen molar-refractivity contribution in [1.82, 2.24) is 0 Å². The number of carbonyl (C=O) groups is 5. The van der Waals surface area contributed by atoms with Crippen LogP contribution in [0.25, 0.3) is 0 Å². The number of hydrogen-bond donors (Lipinski definition) is 2. The van der Waals surface area contributed by atoms with Gasteiger partial charge in [0.2, 0.25) is 0 Å². The van der Waals surface area contributed by atoms with E-state index in [1.165, 1.54) is 13.0 Å². The van der Waals surface area contributed by atoms with E-state index < -0.39 is 45.6 Å². The van der Waals surface area contributed by atoms with Gasteiger partial charge in [-0.25, -0.2) is 0 Å². The summed E-state index contributed by atoms with van der Waals surface area (Å²) in [6.45, 7) is 12.9. The van der Waals surface area contributed by atoms with Gasteiger partial charge >= 0.3 is 5.97 Å². The predicted molar refractivity (Wildman–Crippen MR) is 136 cm³/mol. The molecule has 7 nitrogen and oxygen atoms in total. The normalized spacial score (nSPS) is 40.2. The van der Waals surface area contributed by atoms with Gasteiger partial charge in [0.25, 0.3) is 0 Å². The van der Waals surface area contributed by atoms with E-state index in [1.54, 1.807) is 6.92 Å². The van der Waals surface area contributed by atoms with Gasteiger partial charge in [0.05, 0.1) is 17.4 Å². The summed E-state index contributed by atoms with van der Waals surface area (Å²) in [6.07, 6.45) is 2.24. The van der Waals surface area contributed by atoms with Gasteiger partial charge in [0, 0.05) is 42.2 Å². The lowest BCUT2D eigenvalue weighted by Crippen LogP contribution is -2.59. The standard InChI is InChI=1S/C30H40O7/c1-15(10-17(31)11-16(2)26(36)37)18-12-23(35)30(7)25-19(32)13-21-27(3,4)22(34)8-9-28(21,5)24(25)20(33)14-29(18,30)6/h10,16,18,21-22,34H,8-9,11-14H2,1-7H3,(H,36,37)/b15-10+/t16-,18-,21?,22+,28+,29-,30+/m1/s1. The summed E-state index contributed by atoms with van der Waals surface area (Å²) in [4.78, 5) is 65.5. The lowest BCUT2D eigenvalue weighted by atomic mass is 9.43. The summed E-state index contributed by atoms with van der Waals surface area (Å²) in [5.74, 6) is -3.18. The number of carboxylic acids is 1. The Morgan fingerprint density at radius 2 is 1.65 bits per heavy atom. The maximum absolute atomic E-state index is 14.0. The summed E-state index contributed by atoms with van der Waals surface area (Å²) < 4.78 is 0. The minimum atomic E-state index is -1.15. The number of hydrogen-bond acceptors (Lipinski definition) is 6. The van der Waals surface area contributed by atoms with Crippen LogP contribution in [0, 0.1) is 39.4 Å². The first-order chi connectivity index (χ1) is 16.9. The summed E-state index contributed by atoms with van der Waals surface area (Å²) in [5.41, 5.74) is -1.66. The highest BCUT2D eigenvalue weighted by Crippen LogP contribution is 2.69. The molecule has 0 aromatic rings. The first-order valence-corrected chi connectivity index (χ1v) is 13.4. The molecule has 7 heteroatoms. The van der Waals surface area contributed by atoms with Crippen molar-refractivity contribution in [3.63, 3.8) is 0 Å². The lowest BCUT2D eigenvalue weighted by Gasteiger charge is -2.59. The summed E-state index contributed by atoms with van der Waals surface area (Å²) in [5, 5.41) is 19.9. The molecule has 0 bridgehead atoms. The highest BCUT2D eigenvalue weighted by atomic mass is 16.4. The van der Waals surface area contributed by atoms with Gasteiger partial charge in [-0.05, 0) is 55.4 Å². The molecule has 0 aromatic heterocycles. The zero-order chi connectivity index (χ0) is 27.9. The summed E-state index contributed by atoms with van der Waals surface area (Å²) in [6, 6.07) is 0. The number of rotatable bonds is 5. The Hall–Kier alpha value is -2.41. The van der Waals surface area contributed by atoms with Gasteiger partial charge in [-0.2, -0.15) is 0 Å². The van der Waals surface area contributed by atoms with Crippen molar-refractivity contribution in [2.24, 2.45) is 39.4 Å². The van der Waals surface area contributed by atoms with E-state index in [9.17, 15) is 29.1 Å². The predicted octanol–water partition coefficient (Wildman–Crippen LogP) is 4.26. The Bertz CT molecular complexity index is 1170. The van der Waals surface area contributed by atoms with Crippen LogP contribution >= 0.6 is 0 Å². The smallest absolute Gasteiger partial charge is 0.306 e. The average Bonchev–Trinajstić information content (AvgIpc) is 2.99. The lowest BCUT2D eigenvalue weighted by molar-refractivity contribution is -0.144. The SMILES string of the molecule is C/C(=C\C(=O)C[C@@H](C)C(=O)O)[C@H]1CC(=O)[C@@]2(C)C3=C(C(=O)C[C@]12C)[C@@]1(C)CC[C@H](O)C(C)(C)C1CC3=O. The Morgan fingerprint density at radius 1 is 1.03 bits per heavy atom. The largest absolute Gasteiger partial charge is 0.481 e. The zero-order valence-electron chi connectivity index (χ0n) is 23.1. The summed E-state index contributed by atoms with van der Waals surface area (Å²) in [7, 11) is 0. The van der Waals surface area contributed by atoms with Crippen molar-refractivity contribution in [3.05, 3.63) is 22.8 Å². The number of fused-ring (bicyclic) bond motifs is 4. The fourth-order valence-electron chi connectivity index (χ4n) is 8.42. The molecule has 2 fully saturated rings. The van der Waals surface area contributed by atoms with Gasteiger partial charge < -0.3 is 10.2 Å². The van der Waals surface area contributed by atoms with Gasteiger partial charge in [-0.3, -0.25) is 24.0 Å². The molecule has 0 heterocycles. The number of Topliss-reactive ketones (excluding diaryl/α,β-unsaturated/α-hetero) is 3. The number of carboxylic acid groups (broad SMARTS) is 1. The van der Waals surface area contributed by atoms with Crippen LogP contribution in [-0.2, 0) is 24.0 Å². The van der Waals surface area contributed by atoms with Crippen LogP contribution in [0.1, 0.15) is 87.0 Å². The molecule has 2 saturated carbocycles. The molecule has 4 rings (SSSR count). The third kappa shape index (κ3) is 3.67. The molecule has 1 unspecified atom stereocenters. The Labute approximate surface area is 218 Å². The minimum Gasteiger partial charge on any atom is -0.481 e. The van der Waals surface area contributed by atoms with Gasteiger partial charge in [0.15, 0.2) is 17.3 Å². The molecule has 0 saturated heterocycles. The molecule has 37 heavy (non-hydrogen) atoms. The van der Waals surface area contributed by atoms with Crippen molar-refractivity contribution < 1.29 is 34.2 Å². The molecule has 7 atom stereocenters. The van der Waals surface area contributed by atoms with Crippen LogP contribution in [0.4, 0.5) is 0 Å². The molecule has 202 valence electrons. The maximum atomic E-state index is 14.0. The fraction of sp³-hybridized carbons (Fsp3) is 0.700. The molecule has 0 spiro atoms. The molecule has 4 aliphatic carbocycles. The van der Waals surface area contributed by atoms with E-state index in [1.807, 2.05) is 34.6 Å². The quantitative estimate of drug-likeness (QED) is 0.527. The topological polar surface area (TPSA) is 126 Å². The van der Waals surface area contributed by atoms with Crippen LogP contribution in [0.5, 0.6) is 0 Å². The highest BCUT2D eigenvalue weighted by molar-refractivity contribution is 6.16. The Morgan fingerprint density at radius 3 is 2.24 bits per heavy atom. The molecule has 0 aromatic carbocycles. The number of aliphatic hydroxyl groups is 1. The van der Waals surface area contributed by atoms with E-state index >= 15 is 0 Å². The number of allylic oxidation sites excluding steroid dienone is 4.